The Kier molecular flexibility index (Phi) is 6.59. The van der Waals surface area contributed by atoms with Crippen molar-refractivity contribution in [3.8, 4) is 0 Å². The molecule has 1 aliphatic heterocycles. The van der Waals surface area contributed by atoms with Gasteiger partial charge in [-0.1, -0.05) is 13.8 Å². The second-order valence-electron chi connectivity index (χ2n) is 5.63. The molecule has 4 atom stereocenters. The molecule has 1 fully saturated rings. The summed E-state index contributed by atoms with van der Waals surface area (Å²) in [6.45, 7) is 4.01. The van der Waals surface area contributed by atoms with Gasteiger partial charge in [0.2, 0.25) is 0 Å². The smallest absolute Gasteiger partial charge is 0.172 e. The molecule has 0 aromatic rings. The molecule has 0 aromatic carbocycles. The molecule has 0 aliphatic carbocycles. The highest BCUT2D eigenvalue weighted by Gasteiger charge is 2.34. The van der Waals surface area contributed by atoms with Crippen molar-refractivity contribution in [1.82, 2.24) is 5.32 Å². The van der Waals surface area contributed by atoms with Crippen molar-refractivity contribution < 1.29 is 23.4 Å². The highest BCUT2D eigenvalue weighted by atomic mass is 19.1. The number of hydrogen-bond donors (Lipinski definition) is 2. The first-order chi connectivity index (χ1) is 8.95. The zero-order chi connectivity index (χ0) is 14.5. The van der Waals surface area contributed by atoms with Gasteiger partial charge in [-0.25, -0.2) is 0 Å². The highest BCUT2D eigenvalue weighted by Crippen LogP contribution is 2.21. The van der Waals surface area contributed by atoms with Crippen LogP contribution in [-0.4, -0.2) is 56.1 Å². The average molecular weight is 281 g/mol. The number of morpholine rings is 1. The van der Waals surface area contributed by atoms with Crippen LogP contribution in [0.15, 0.2) is 0 Å². The van der Waals surface area contributed by atoms with Gasteiger partial charge in [0, 0.05) is 5.41 Å². The SMILES string of the molecule is CCC(O)[C@H]1CO[C@@H](OCC(C)(CF)CF)[C@H](C)N1. The van der Waals surface area contributed by atoms with Crippen molar-refractivity contribution in [1.29, 1.82) is 0 Å². The lowest BCUT2D eigenvalue weighted by Crippen LogP contribution is -2.58. The van der Waals surface area contributed by atoms with Gasteiger partial charge in [0.1, 0.15) is 0 Å². The summed E-state index contributed by atoms with van der Waals surface area (Å²) in [6, 6.07) is -0.267. The molecule has 19 heavy (non-hydrogen) atoms. The Hall–Kier alpha value is -0.300. The molecule has 2 N–H and O–H groups in total. The summed E-state index contributed by atoms with van der Waals surface area (Å²) in [5.41, 5.74) is -1.11. The molecule has 1 heterocycles. The van der Waals surface area contributed by atoms with E-state index >= 15 is 0 Å². The molecule has 114 valence electrons. The van der Waals surface area contributed by atoms with Crippen molar-refractivity contribution >= 4 is 0 Å². The molecule has 1 aliphatic rings. The van der Waals surface area contributed by atoms with Crippen LogP contribution in [0.25, 0.3) is 0 Å². The van der Waals surface area contributed by atoms with Gasteiger partial charge in [0.15, 0.2) is 6.29 Å². The molecule has 0 radical (unpaired) electrons. The van der Waals surface area contributed by atoms with Gasteiger partial charge < -0.3 is 19.9 Å². The third-order valence-corrected chi connectivity index (χ3v) is 3.45. The Balaban J connectivity index is 2.42. The summed E-state index contributed by atoms with van der Waals surface area (Å²) in [5, 5.41) is 12.9. The monoisotopic (exact) mass is 281 g/mol. The largest absolute Gasteiger partial charge is 0.391 e. The zero-order valence-electron chi connectivity index (χ0n) is 11.9. The van der Waals surface area contributed by atoms with Crippen LogP contribution < -0.4 is 5.32 Å². The number of aliphatic hydroxyl groups is 1. The molecule has 0 spiro atoms. The fourth-order valence-corrected chi connectivity index (χ4v) is 1.90. The van der Waals surface area contributed by atoms with Crippen LogP contribution in [-0.2, 0) is 9.47 Å². The van der Waals surface area contributed by atoms with Gasteiger partial charge in [0.25, 0.3) is 0 Å². The van der Waals surface area contributed by atoms with Crippen molar-refractivity contribution in [2.24, 2.45) is 5.41 Å². The summed E-state index contributed by atoms with van der Waals surface area (Å²) in [6.07, 6.45) is -0.371. The van der Waals surface area contributed by atoms with E-state index in [1.165, 1.54) is 6.92 Å². The second kappa shape index (κ2) is 7.47. The minimum absolute atomic E-state index is 0.0301. The second-order valence-corrected chi connectivity index (χ2v) is 5.63. The van der Waals surface area contributed by atoms with E-state index in [2.05, 4.69) is 5.32 Å². The zero-order valence-corrected chi connectivity index (χ0v) is 11.9. The van der Waals surface area contributed by atoms with Gasteiger partial charge in [-0.15, -0.1) is 0 Å². The molecule has 4 nitrogen and oxygen atoms in total. The number of nitrogens with one attached hydrogen (secondary N) is 1. The molecular weight excluding hydrogens is 256 g/mol. The lowest BCUT2D eigenvalue weighted by molar-refractivity contribution is -0.204. The number of hydrogen-bond acceptors (Lipinski definition) is 4. The van der Waals surface area contributed by atoms with E-state index in [9.17, 15) is 13.9 Å². The summed E-state index contributed by atoms with van der Waals surface area (Å²) in [5.74, 6) is 0. The molecule has 0 aromatic heterocycles. The summed E-state index contributed by atoms with van der Waals surface area (Å²) < 4.78 is 36.4. The van der Waals surface area contributed by atoms with Crippen LogP contribution in [0, 0.1) is 5.41 Å². The first kappa shape index (κ1) is 16.8. The minimum Gasteiger partial charge on any atom is -0.391 e. The van der Waals surface area contributed by atoms with Crippen LogP contribution in [0.3, 0.4) is 0 Å². The Labute approximate surface area is 113 Å². The quantitative estimate of drug-likeness (QED) is 0.741. The van der Waals surface area contributed by atoms with E-state index in [1.54, 1.807) is 0 Å². The molecule has 1 unspecified atom stereocenters. The van der Waals surface area contributed by atoms with E-state index in [1.807, 2.05) is 13.8 Å². The maximum Gasteiger partial charge on any atom is 0.172 e. The van der Waals surface area contributed by atoms with Crippen LogP contribution in [0.4, 0.5) is 8.78 Å². The van der Waals surface area contributed by atoms with Crippen molar-refractivity contribution in [2.45, 2.75) is 51.7 Å². The number of halogens is 2. The topological polar surface area (TPSA) is 50.7 Å². The van der Waals surface area contributed by atoms with Crippen molar-refractivity contribution in [2.75, 3.05) is 26.6 Å². The van der Waals surface area contributed by atoms with Crippen LogP contribution in [0.5, 0.6) is 0 Å². The molecule has 1 saturated heterocycles. The predicted molar refractivity (Wildman–Crippen MR) is 68.4 cm³/mol. The Morgan fingerprint density at radius 3 is 2.58 bits per heavy atom. The Morgan fingerprint density at radius 2 is 2.11 bits per heavy atom. The lowest BCUT2D eigenvalue weighted by Gasteiger charge is -2.38. The Morgan fingerprint density at radius 1 is 1.47 bits per heavy atom. The number of rotatable bonds is 7. The van der Waals surface area contributed by atoms with E-state index in [0.717, 1.165) is 0 Å². The summed E-state index contributed by atoms with van der Waals surface area (Å²) in [7, 11) is 0. The maximum absolute atomic E-state index is 12.7. The first-order valence-corrected chi connectivity index (χ1v) is 6.75. The van der Waals surface area contributed by atoms with E-state index < -0.39 is 31.2 Å². The number of ether oxygens (including phenoxy) is 2. The predicted octanol–water partition coefficient (Wildman–Crippen LogP) is 1.42. The van der Waals surface area contributed by atoms with E-state index in [0.29, 0.717) is 13.0 Å². The first-order valence-electron chi connectivity index (χ1n) is 6.75. The number of aliphatic hydroxyl groups excluding tert-OH is 1. The van der Waals surface area contributed by atoms with Crippen LogP contribution >= 0.6 is 0 Å². The average Bonchev–Trinajstić information content (AvgIpc) is 2.44. The maximum atomic E-state index is 12.7. The number of alkyl halides is 2. The van der Waals surface area contributed by atoms with Gasteiger partial charge in [-0.05, 0) is 13.3 Å². The van der Waals surface area contributed by atoms with E-state index in [-0.39, 0.29) is 18.7 Å². The minimum atomic E-state index is -1.11. The normalized spacial score (nSPS) is 30.3. The van der Waals surface area contributed by atoms with Gasteiger partial charge >= 0.3 is 0 Å². The van der Waals surface area contributed by atoms with E-state index in [4.69, 9.17) is 9.47 Å². The van der Waals surface area contributed by atoms with Gasteiger partial charge in [-0.3, -0.25) is 8.78 Å². The van der Waals surface area contributed by atoms with Gasteiger partial charge in [-0.2, -0.15) is 0 Å². The summed E-state index contributed by atoms with van der Waals surface area (Å²) in [4.78, 5) is 0. The highest BCUT2D eigenvalue weighted by molar-refractivity contribution is 4.84. The third kappa shape index (κ3) is 4.63. The summed E-state index contributed by atoms with van der Waals surface area (Å²) >= 11 is 0. The molecule has 0 amide bonds. The van der Waals surface area contributed by atoms with Crippen LogP contribution in [0.2, 0.25) is 0 Å². The van der Waals surface area contributed by atoms with Crippen molar-refractivity contribution in [3.63, 3.8) is 0 Å². The lowest BCUT2D eigenvalue weighted by atomic mass is 9.96. The molecule has 0 bridgehead atoms. The fourth-order valence-electron chi connectivity index (χ4n) is 1.90. The molecule has 1 rings (SSSR count). The third-order valence-electron chi connectivity index (χ3n) is 3.45. The van der Waals surface area contributed by atoms with Gasteiger partial charge in [0.05, 0.1) is 44.8 Å². The standard InChI is InChI=1S/C13H25F2NO3/c1-4-11(17)10-5-18-12(9(2)16-10)19-8-13(3,6-14)7-15/h9-12,16-17H,4-8H2,1-3H3/t9-,10+,11?,12-/m0/s1. The Bertz CT molecular complexity index is 264. The van der Waals surface area contributed by atoms with Crippen molar-refractivity contribution in [3.05, 3.63) is 0 Å². The molecular formula is C13H25F2NO3. The fraction of sp³-hybridized carbons (Fsp3) is 1.00. The van der Waals surface area contributed by atoms with Crippen LogP contribution in [0.1, 0.15) is 27.2 Å². The molecule has 6 heteroatoms. The molecule has 0 saturated carbocycles.